The van der Waals surface area contributed by atoms with Crippen LogP contribution in [0, 0.1) is 0 Å². The molecule has 0 heterocycles. The van der Waals surface area contributed by atoms with Crippen LogP contribution in [-0.4, -0.2) is 11.7 Å². The van der Waals surface area contributed by atoms with Gasteiger partial charge in [0.15, 0.2) is 5.78 Å². The third-order valence-corrected chi connectivity index (χ3v) is 1.55. The van der Waals surface area contributed by atoms with Crippen molar-refractivity contribution in [3.8, 4) is 0 Å². The molecule has 0 aromatic heterocycles. The van der Waals surface area contributed by atoms with Gasteiger partial charge in [-0.25, -0.2) is 0 Å². The Labute approximate surface area is 81.0 Å². The van der Waals surface area contributed by atoms with Crippen LogP contribution in [0.3, 0.4) is 0 Å². The van der Waals surface area contributed by atoms with Gasteiger partial charge in [0.25, 0.3) is 0 Å². The summed E-state index contributed by atoms with van der Waals surface area (Å²) in [5.41, 5.74) is 0.859. The molecular weight excluding hydrogens is 166 g/mol. The van der Waals surface area contributed by atoms with Crippen molar-refractivity contribution in [3.63, 3.8) is 0 Å². The molecule has 3 heteroatoms. The van der Waals surface area contributed by atoms with E-state index < -0.39 is 12.8 Å². The summed E-state index contributed by atoms with van der Waals surface area (Å²) in [5.74, 6) is -1.13. The zero-order chi connectivity index (χ0) is 12.3. The second-order valence-corrected chi connectivity index (χ2v) is 2.59. The molecule has 0 aliphatic heterocycles. The Hall–Kier alpha value is -1.64. The number of carbonyl (C=O) groups excluding carboxylic acids is 2. The Morgan fingerprint density at radius 1 is 1.31 bits per heavy atom. The van der Waals surface area contributed by atoms with Crippen molar-refractivity contribution >= 4 is 17.4 Å². The highest BCUT2D eigenvalue weighted by Gasteiger charge is 1.99. The molecule has 1 N–H and O–H groups in total. The monoisotopic (exact) mass is 180 g/mol. The van der Waals surface area contributed by atoms with Crippen molar-refractivity contribution in [2.45, 2.75) is 13.8 Å². The van der Waals surface area contributed by atoms with Crippen LogP contribution < -0.4 is 5.32 Å². The van der Waals surface area contributed by atoms with Gasteiger partial charge in [0, 0.05) is 22.2 Å². The van der Waals surface area contributed by atoms with Gasteiger partial charge in [-0.2, -0.15) is 0 Å². The Morgan fingerprint density at radius 2 is 1.92 bits per heavy atom. The fourth-order valence-corrected chi connectivity index (χ4v) is 0.919. The van der Waals surface area contributed by atoms with Crippen LogP contribution in [0.5, 0.6) is 0 Å². The number of nitrogens with one attached hydrogen (secondary N) is 1. The molecule has 0 radical (unpaired) electrons. The number of Topliss-reactive ketones (excluding diaryl/α,β-unsaturated/α-hetero) is 1. The molecule has 13 heavy (non-hydrogen) atoms. The molecule has 0 atom stereocenters. The van der Waals surface area contributed by atoms with E-state index in [1.165, 1.54) is 31.2 Å². The summed E-state index contributed by atoms with van der Waals surface area (Å²) in [4.78, 5) is 22.1. The number of anilines is 1. The Kier molecular flexibility index (Phi) is 1.75. The second kappa shape index (κ2) is 3.85. The van der Waals surface area contributed by atoms with Gasteiger partial charge >= 0.3 is 0 Å². The van der Waals surface area contributed by atoms with E-state index in [9.17, 15) is 9.59 Å². The average molecular weight is 180 g/mol. The summed E-state index contributed by atoms with van der Waals surface area (Å²) in [5, 5.41) is 2.24. The van der Waals surface area contributed by atoms with Crippen molar-refractivity contribution in [1.82, 2.24) is 0 Å². The lowest BCUT2D eigenvalue weighted by Crippen LogP contribution is -2.05. The first kappa shape index (κ1) is 5.91. The number of ketones is 1. The third-order valence-electron chi connectivity index (χ3n) is 1.55. The first-order chi connectivity index (χ1) is 7.30. The first-order valence-corrected chi connectivity index (χ1v) is 3.73. The van der Waals surface area contributed by atoms with E-state index in [1.807, 2.05) is 0 Å². The summed E-state index contributed by atoms with van der Waals surface area (Å²) >= 11 is 0. The van der Waals surface area contributed by atoms with E-state index in [4.69, 9.17) is 4.11 Å². The van der Waals surface area contributed by atoms with Gasteiger partial charge in [-0.05, 0) is 31.2 Å². The van der Waals surface area contributed by atoms with Crippen LogP contribution in [0.1, 0.15) is 28.2 Å². The molecule has 1 aromatic rings. The van der Waals surface area contributed by atoms with Gasteiger partial charge < -0.3 is 5.32 Å². The lowest BCUT2D eigenvalue weighted by Gasteiger charge is -2.01. The molecule has 0 bridgehead atoms. The smallest absolute Gasteiger partial charge is 0.221 e. The number of rotatable bonds is 2. The molecule has 0 aliphatic rings. The summed E-state index contributed by atoms with van der Waals surface area (Å²) in [6.45, 7) is -1.24. The van der Waals surface area contributed by atoms with E-state index >= 15 is 0 Å². The van der Waals surface area contributed by atoms with Gasteiger partial charge in [-0.15, -0.1) is 0 Å². The van der Waals surface area contributed by atoms with Crippen LogP contribution in [0.25, 0.3) is 0 Å². The number of benzene rings is 1. The van der Waals surface area contributed by atoms with Crippen LogP contribution in [-0.2, 0) is 4.79 Å². The maximum absolute atomic E-state index is 11.1. The number of carbonyl (C=O) groups is 2. The molecule has 0 spiro atoms. The molecule has 3 nitrogen and oxygen atoms in total. The molecule has 1 rings (SSSR count). The highest BCUT2D eigenvalue weighted by atomic mass is 16.1. The van der Waals surface area contributed by atoms with Crippen molar-refractivity contribution in [2.75, 3.05) is 5.32 Å². The summed E-state index contributed by atoms with van der Waals surface area (Å²) < 4.78 is 20.6. The summed E-state index contributed by atoms with van der Waals surface area (Å²) in [6, 6.07) is 6.02. The minimum absolute atomic E-state index is 0.0892. The standard InChI is InChI=1S/C10H11NO2/c1-7(12)9-3-5-10(6-4-9)11-8(2)13/h3-6H,1-2H3,(H,11,13)/i2D3. The van der Waals surface area contributed by atoms with Crippen LogP contribution in [0.15, 0.2) is 24.3 Å². The minimum Gasteiger partial charge on any atom is -0.326 e. The number of hydrogen-bond acceptors (Lipinski definition) is 2. The maximum atomic E-state index is 11.1. The topological polar surface area (TPSA) is 46.2 Å². The van der Waals surface area contributed by atoms with Gasteiger partial charge in [0.05, 0.1) is 0 Å². The second-order valence-electron chi connectivity index (χ2n) is 2.59. The van der Waals surface area contributed by atoms with Crippen LogP contribution >= 0.6 is 0 Å². The number of hydrogen-bond donors (Lipinski definition) is 1. The third kappa shape index (κ3) is 2.71. The Balaban J connectivity index is 2.77. The molecule has 0 unspecified atom stereocenters. The lowest BCUT2D eigenvalue weighted by atomic mass is 10.1. The van der Waals surface area contributed by atoms with Crippen molar-refractivity contribution in [3.05, 3.63) is 29.8 Å². The summed E-state index contributed by atoms with van der Waals surface area (Å²) in [7, 11) is 0. The molecule has 68 valence electrons. The molecular formula is C10H11NO2. The number of amides is 1. The van der Waals surface area contributed by atoms with E-state index in [0.717, 1.165) is 0 Å². The quantitative estimate of drug-likeness (QED) is 0.706. The molecule has 0 fully saturated rings. The first-order valence-electron chi connectivity index (χ1n) is 5.23. The van der Waals surface area contributed by atoms with E-state index in [-0.39, 0.29) is 5.78 Å². The highest BCUT2D eigenvalue weighted by molar-refractivity contribution is 5.95. The zero-order valence-corrected chi connectivity index (χ0v) is 7.13. The Morgan fingerprint density at radius 3 is 2.38 bits per heavy atom. The molecule has 0 aliphatic carbocycles. The van der Waals surface area contributed by atoms with Crippen molar-refractivity contribution < 1.29 is 13.7 Å². The highest BCUT2D eigenvalue weighted by Crippen LogP contribution is 2.09. The van der Waals surface area contributed by atoms with E-state index in [2.05, 4.69) is 5.32 Å². The van der Waals surface area contributed by atoms with Gasteiger partial charge in [0.1, 0.15) is 0 Å². The normalized spacial score (nSPS) is 13.8. The Bertz CT molecular complexity index is 409. The maximum Gasteiger partial charge on any atom is 0.221 e. The molecule has 1 amide bonds. The van der Waals surface area contributed by atoms with E-state index in [0.29, 0.717) is 11.3 Å². The zero-order valence-electron chi connectivity index (χ0n) is 10.1. The van der Waals surface area contributed by atoms with Gasteiger partial charge in [-0.3, -0.25) is 9.59 Å². The predicted molar refractivity (Wildman–Crippen MR) is 50.8 cm³/mol. The SMILES string of the molecule is [2H]C([2H])([2H])C(=O)Nc1ccc(C(C)=O)cc1. The fraction of sp³-hybridized carbons (Fsp3) is 0.200. The lowest BCUT2D eigenvalue weighted by molar-refractivity contribution is -0.114. The average Bonchev–Trinajstić information content (AvgIpc) is 2.17. The minimum atomic E-state index is -2.67. The summed E-state index contributed by atoms with van der Waals surface area (Å²) in [6.07, 6.45) is 0. The predicted octanol–water partition coefficient (Wildman–Crippen LogP) is 1.85. The van der Waals surface area contributed by atoms with E-state index in [1.54, 1.807) is 0 Å². The van der Waals surface area contributed by atoms with Gasteiger partial charge in [0.2, 0.25) is 5.91 Å². The largest absolute Gasteiger partial charge is 0.326 e. The van der Waals surface area contributed by atoms with Crippen LogP contribution in [0.2, 0.25) is 0 Å². The molecule has 0 saturated carbocycles. The molecule has 0 saturated heterocycles. The molecule has 1 aromatic carbocycles. The van der Waals surface area contributed by atoms with Gasteiger partial charge in [-0.1, -0.05) is 0 Å². The van der Waals surface area contributed by atoms with Crippen molar-refractivity contribution in [1.29, 1.82) is 0 Å². The van der Waals surface area contributed by atoms with Crippen LogP contribution in [0.4, 0.5) is 5.69 Å². The fourth-order valence-electron chi connectivity index (χ4n) is 0.919. The van der Waals surface area contributed by atoms with Crippen molar-refractivity contribution in [2.24, 2.45) is 0 Å².